The maximum absolute atomic E-state index is 12.4. The van der Waals surface area contributed by atoms with Gasteiger partial charge < -0.3 is 20.6 Å². The topological polar surface area (TPSA) is 89.8 Å². The molecule has 45 heavy (non-hydrogen) atoms. The summed E-state index contributed by atoms with van der Waals surface area (Å²) in [6.07, 6.45) is 39.5. The zero-order chi connectivity index (χ0) is 33.1. The lowest BCUT2D eigenvalue weighted by Gasteiger charge is -2.23. The summed E-state index contributed by atoms with van der Waals surface area (Å²) in [6.45, 7) is 4.24. The summed E-state index contributed by atoms with van der Waals surface area (Å²) in [5.41, 5.74) is 0. The lowest BCUT2D eigenvalue weighted by atomic mass is 10.0. The molecule has 0 aromatic heterocycles. The van der Waals surface area contributed by atoms with Crippen LogP contribution in [0.25, 0.3) is 0 Å². The van der Waals surface area contributed by atoms with E-state index in [1.165, 1.54) is 167 Å². The molecule has 0 saturated carbocycles. The maximum Gasteiger partial charge on any atom is 0.249 e. The average Bonchev–Trinajstić information content (AvgIpc) is 3.04. The fraction of sp³-hybridized carbons (Fsp3) is 0.975. The molecule has 0 radical (unpaired) electrons. The van der Waals surface area contributed by atoms with Crippen LogP contribution in [-0.2, 0) is 4.79 Å². The van der Waals surface area contributed by atoms with Gasteiger partial charge in [-0.2, -0.15) is 0 Å². The Kier molecular flexibility index (Phi) is 35.7. The SMILES string of the molecule is CCCCCCCCCCCCCCCCCCCC(O)C(CO)NC(=O)C(O)CCCCCCCCCCCCCCCC. The van der Waals surface area contributed by atoms with Crippen LogP contribution in [0.5, 0.6) is 0 Å². The molecule has 0 aliphatic rings. The third-order valence-corrected chi connectivity index (χ3v) is 9.73. The molecule has 0 spiro atoms. The maximum atomic E-state index is 12.4. The standard InChI is InChI=1S/C40H81NO4/c1-3-5-7-9-11-13-15-17-19-20-21-23-24-26-28-30-32-34-38(43)37(36-42)41-40(45)39(44)35-33-31-29-27-25-22-18-16-14-12-10-8-6-4-2/h37-39,42-44H,3-36H2,1-2H3,(H,41,45). The Morgan fingerprint density at radius 2 is 0.711 bits per heavy atom. The van der Waals surface area contributed by atoms with Gasteiger partial charge in [0.1, 0.15) is 6.10 Å². The van der Waals surface area contributed by atoms with Crippen LogP contribution in [0.4, 0.5) is 0 Å². The predicted molar refractivity (Wildman–Crippen MR) is 195 cm³/mol. The van der Waals surface area contributed by atoms with Gasteiger partial charge in [-0.25, -0.2) is 0 Å². The highest BCUT2D eigenvalue weighted by Gasteiger charge is 2.23. The van der Waals surface area contributed by atoms with E-state index >= 15 is 0 Å². The Balaban J connectivity index is 3.61. The zero-order valence-electron chi connectivity index (χ0n) is 30.5. The summed E-state index contributed by atoms with van der Waals surface area (Å²) >= 11 is 0. The van der Waals surface area contributed by atoms with Crippen molar-refractivity contribution in [3.8, 4) is 0 Å². The number of aliphatic hydroxyl groups is 3. The highest BCUT2D eigenvalue weighted by atomic mass is 16.3. The van der Waals surface area contributed by atoms with Crippen LogP contribution in [0.15, 0.2) is 0 Å². The van der Waals surface area contributed by atoms with E-state index in [-0.39, 0.29) is 6.61 Å². The molecule has 5 nitrogen and oxygen atoms in total. The number of nitrogens with one attached hydrogen (secondary N) is 1. The Morgan fingerprint density at radius 3 is 1.00 bits per heavy atom. The fourth-order valence-corrected chi connectivity index (χ4v) is 6.49. The van der Waals surface area contributed by atoms with Crippen molar-refractivity contribution >= 4 is 5.91 Å². The van der Waals surface area contributed by atoms with Gasteiger partial charge in [-0.05, 0) is 12.8 Å². The summed E-state index contributed by atoms with van der Waals surface area (Å²) in [4.78, 5) is 12.4. The van der Waals surface area contributed by atoms with Crippen molar-refractivity contribution < 1.29 is 20.1 Å². The van der Waals surface area contributed by atoms with Gasteiger partial charge in [0.05, 0.1) is 18.8 Å². The van der Waals surface area contributed by atoms with Crippen LogP contribution >= 0.6 is 0 Å². The Labute approximate surface area is 281 Å². The van der Waals surface area contributed by atoms with Crippen LogP contribution in [0.2, 0.25) is 0 Å². The molecule has 0 aromatic rings. The molecule has 1 amide bonds. The zero-order valence-corrected chi connectivity index (χ0v) is 30.5. The van der Waals surface area contributed by atoms with Crippen LogP contribution in [-0.4, -0.2) is 46.1 Å². The first kappa shape index (κ1) is 44.4. The van der Waals surface area contributed by atoms with E-state index in [1.807, 2.05) is 0 Å². The van der Waals surface area contributed by atoms with Gasteiger partial charge in [0.15, 0.2) is 0 Å². The molecule has 3 unspecified atom stereocenters. The first-order valence-corrected chi connectivity index (χ1v) is 20.3. The molecule has 3 atom stereocenters. The highest BCUT2D eigenvalue weighted by molar-refractivity contribution is 5.80. The Hall–Kier alpha value is -0.650. The van der Waals surface area contributed by atoms with Crippen LogP contribution in [0.1, 0.15) is 226 Å². The van der Waals surface area contributed by atoms with Crippen molar-refractivity contribution in [1.29, 1.82) is 0 Å². The third kappa shape index (κ3) is 31.7. The van der Waals surface area contributed by atoms with Gasteiger partial charge in [-0.1, -0.05) is 213 Å². The minimum Gasteiger partial charge on any atom is -0.394 e. The number of aliphatic hydroxyl groups excluding tert-OH is 3. The van der Waals surface area contributed by atoms with Crippen molar-refractivity contribution in [2.45, 2.75) is 244 Å². The van der Waals surface area contributed by atoms with Crippen molar-refractivity contribution in [2.75, 3.05) is 6.61 Å². The minimum absolute atomic E-state index is 0.308. The molecule has 270 valence electrons. The van der Waals surface area contributed by atoms with Gasteiger partial charge >= 0.3 is 0 Å². The molecular weight excluding hydrogens is 558 g/mol. The first-order valence-electron chi connectivity index (χ1n) is 20.3. The third-order valence-electron chi connectivity index (χ3n) is 9.73. The quantitative estimate of drug-likeness (QED) is 0.0509. The molecule has 4 N–H and O–H groups in total. The second-order valence-electron chi connectivity index (χ2n) is 14.2. The van der Waals surface area contributed by atoms with E-state index in [0.717, 1.165) is 32.1 Å². The van der Waals surface area contributed by atoms with Gasteiger partial charge in [0, 0.05) is 0 Å². The largest absolute Gasteiger partial charge is 0.394 e. The van der Waals surface area contributed by atoms with Crippen molar-refractivity contribution in [2.24, 2.45) is 0 Å². The molecule has 0 aromatic carbocycles. The Bertz CT molecular complexity index is 587. The Morgan fingerprint density at radius 1 is 0.444 bits per heavy atom. The molecule has 0 aliphatic carbocycles. The first-order chi connectivity index (χ1) is 22.1. The highest BCUT2D eigenvalue weighted by Crippen LogP contribution is 2.16. The van der Waals surface area contributed by atoms with Gasteiger partial charge in [0.25, 0.3) is 0 Å². The fourth-order valence-electron chi connectivity index (χ4n) is 6.49. The van der Waals surface area contributed by atoms with E-state index in [0.29, 0.717) is 12.8 Å². The lowest BCUT2D eigenvalue weighted by molar-refractivity contribution is -0.131. The number of rotatable bonds is 37. The van der Waals surface area contributed by atoms with Crippen molar-refractivity contribution in [3.63, 3.8) is 0 Å². The number of unbranched alkanes of at least 4 members (excludes halogenated alkanes) is 29. The number of amides is 1. The molecular formula is C40H81NO4. The smallest absolute Gasteiger partial charge is 0.249 e. The van der Waals surface area contributed by atoms with Crippen LogP contribution in [0, 0.1) is 0 Å². The molecule has 5 heteroatoms. The summed E-state index contributed by atoms with van der Waals surface area (Å²) < 4.78 is 0. The van der Waals surface area contributed by atoms with E-state index in [9.17, 15) is 20.1 Å². The monoisotopic (exact) mass is 640 g/mol. The summed E-state index contributed by atoms with van der Waals surface area (Å²) in [7, 11) is 0. The molecule has 0 bridgehead atoms. The molecule has 0 fully saturated rings. The molecule has 0 aliphatic heterocycles. The molecule has 0 saturated heterocycles. The number of carbonyl (C=O) groups is 1. The number of carbonyl (C=O) groups excluding carboxylic acids is 1. The lowest BCUT2D eigenvalue weighted by Crippen LogP contribution is -2.49. The van der Waals surface area contributed by atoms with Crippen molar-refractivity contribution in [3.05, 3.63) is 0 Å². The van der Waals surface area contributed by atoms with E-state index in [2.05, 4.69) is 19.2 Å². The molecule has 0 rings (SSSR count). The predicted octanol–water partition coefficient (Wildman–Crippen LogP) is 11.1. The van der Waals surface area contributed by atoms with Crippen molar-refractivity contribution in [1.82, 2.24) is 5.32 Å². The summed E-state index contributed by atoms with van der Waals surface area (Å²) in [5.74, 6) is -0.467. The van der Waals surface area contributed by atoms with Crippen LogP contribution in [0.3, 0.4) is 0 Å². The molecule has 0 heterocycles. The summed E-state index contributed by atoms with van der Waals surface area (Å²) in [6, 6.07) is -0.704. The van der Waals surface area contributed by atoms with E-state index < -0.39 is 24.2 Å². The second kappa shape index (κ2) is 36.2. The summed E-state index contributed by atoms with van der Waals surface area (Å²) in [5, 5.41) is 33.2. The van der Waals surface area contributed by atoms with Gasteiger partial charge in [0.2, 0.25) is 5.91 Å². The van der Waals surface area contributed by atoms with E-state index in [1.54, 1.807) is 0 Å². The second-order valence-corrected chi connectivity index (χ2v) is 14.2. The van der Waals surface area contributed by atoms with Gasteiger partial charge in [-0.3, -0.25) is 4.79 Å². The van der Waals surface area contributed by atoms with Gasteiger partial charge in [-0.15, -0.1) is 0 Å². The average molecular weight is 640 g/mol. The van der Waals surface area contributed by atoms with Crippen LogP contribution < -0.4 is 5.32 Å². The normalized spacial score (nSPS) is 13.6. The van der Waals surface area contributed by atoms with E-state index in [4.69, 9.17) is 0 Å². The number of hydrogen-bond acceptors (Lipinski definition) is 4. The minimum atomic E-state index is -1.07. The number of hydrogen-bond donors (Lipinski definition) is 4.